The van der Waals surface area contributed by atoms with Gasteiger partial charge in [-0.15, -0.1) is 0 Å². The third-order valence-corrected chi connectivity index (χ3v) is 4.40. The maximum absolute atomic E-state index is 12.5. The molecule has 1 saturated heterocycles. The van der Waals surface area contributed by atoms with Gasteiger partial charge >= 0.3 is 5.97 Å². The average Bonchev–Trinajstić information content (AvgIpc) is 2.85. The fourth-order valence-corrected chi connectivity index (χ4v) is 3.19. The molecule has 0 aromatic heterocycles. The van der Waals surface area contributed by atoms with E-state index in [4.69, 9.17) is 4.74 Å². The van der Waals surface area contributed by atoms with Crippen molar-refractivity contribution < 1.29 is 19.1 Å². The molecule has 25 heavy (non-hydrogen) atoms. The summed E-state index contributed by atoms with van der Waals surface area (Å²) in [6.07, 6.45) is 1.66. The van der Waals surface area contributed by atoms with Crippen molar-refractivity contribution in [1.82, 2.24) is 4.90 Å². The van der Waals surface area contributed by atoms with E-state index in [2.05, 4.69) is 0 Å². The van der Waals surface area contributed by atoms with E-state index < -0.39 is 5.97 Å². The minimum absolute atomic E-state index is 0.258. The monoisotopic (exact) mass is 353 g/mol. The number of rotatable bonds is 4. The molecule has 0 saturated carbocycles. The highest BCUT2D eigenvalue weighted by atomic mass is 32.2. The first kappa shape index (κ1) is 17.0. The van der Waals surface area contributed by atoms with Crippen molar-refractivity contribution >= 4 is 35.0 Å². The molecule has 3 rings (SSSR count). The molecule has 1 aliphatic heterocycles. The van der Waals surface area contributed by atoms with E-state index in [9.17, 15) is 14.4 Å². The predicted octanol–water partition coefficient (Wildman–Crippen LogP) is 3.85. The molecule has 0 spiro atoms. The minimum atomic E-state index is -0.394. The predicted molar refractivity (Wildman–Crippen MR) is 95.7 cm³/mol. The number of carbonyl (C=O) groups excluding carboxylic acids is 3. The Labute approximate surface area is 149 Å². The lowest BCUT2D eigenvalue weighted by atomic mass is 10.2. The maximum Gasteiger partial charge on any atom is 0.308 e. The molecular weight excluding hydrogens is 338 g/mol. The number of nitrogens with zero attached hydrogens (tertiary/aromatic N) is 1. The topological polar surface area (TPSA) is 63.7 Å². The number of benzene rings is 2. The van der Waals surface area contributed by atoms with Crippen LogP contribution in [0.3, 0.4) is 0 Å². The second-order valence-electron chi connectivity index (χ2n) is 5.42. The normalized spacial score (nSPS) is 15.7. The SMILES string of the molecule is CC(=O)Oc1ccc(/C=C2\SC(=O)N(Cc3ccccc3)C2=O)cc1. The Morgan fingerprint density at radius 1 is 1.08 bits per heavy atom. The summed E-state index contributed by atoms with van der Waals surface area (Å²) in [5.74, 6) is -0.264. The van der Waals surface area contributed by atoms with E-state index in [1.54, 1.807) is 30.3 Å². The molecule has 0 radical (unpaired) electrons. The number of hydrogen-bond donors (Lipinski definition) is 0. The first-order valence-corrected chi connectivity index (χ1v) is 8.42. The second kappa shape index (κ2) is 7.36. The summed E-state index contributed by atoms with van der Waals surface area (Å²) in [6.45, 7) is 1.59. The maximum atomic E-state index is 12.5. The molecule has 126 valence electrons. The Hall–Kier alpha value is -2.86. The van der Waals surface area contributed by atoms with Gasteiger partial charge in [0, 0.05) is 6.92 Å². The van der Waals surface area contributed by atoms with E-state index in [1.165, 1.54) is 11.8 Å². The van der Waals surface area contributed by atoms with Crippen LogP contribution in [0.5, 0.6) is 5.75 Å². The third-order valence-electron chi connectivity index (χ3n) is 3.50. The Bertz CT molecular complexity index is 843. The lowest BCUT2D eigenvalue weighted by molar-refractivity contribution is -0.131. The van der Waals surface area contributed by atoms with Crippen molar-refractivity contribution in [2.24, 2.45) is 0 Å². The van der Waals surface area contributed by atoms with Crippen LogP contribution in [0.1, 0.15) is 18.1 Å². The van der Waals surface area contributed by atoms with Gasteiger partial charge in [-0.1, -0.05) is 42.5 Å². The number of hydrogen-bond acceptors (Lipinski definition) is 5. The fraction of sp³-hybridized carbons (Fsp3) is 0.105. The molecule has 0 atom stereocenters. The zero-order valence-electron chi connectivity index (χ0n) is 13.5. The highest BCUT2D eigenvalue weighted by Gasteiger charge is 2.34. The van der Waals surface area contributed by atoms with Crippen LogP contribution in [0.25, 0.3) is 6.08 Å². The molecule has 1 heterocycles. The van der Waals surface area contributed by atoms with E-state index in [0.717, 1.165) is 22.9 Å². The number of thioether (sulfide) groups is 1. The van der Waals surface area contributed by atoms with Crippen LogP contribution in [0.15, 0.2) is 59.5 Å². The summed E-state index contributed by atoms with van der Waals surface area (Å²) < 4.78 is 4.97. The minimum Gasteiger partial charge on any atom is -0.427 e. The molecular formula is C19H15NO4S. The van der Waals surface area contributed by atoms with Gasteiger partial charge in [-0.3, -0.25) is 19.3 Å². The smallest absolute Gasteiger partial charge is 0.308 e. The first-order chi connectivity index (χ1) is 12.0. The van der Waals surface area contributed by atoms with Crippen molar-refractivity contribution in [2.75, 3.05) is 0 Å². The van der Waals surface area contributed by atoms with E-state index in [0.29, 0.717) is 10.7 Å². The molecule has 0 bridgehead atoms. The van der Waals surface area contributed by atoms with Gasteiger partial charge in [-0.25, -0.2) is 0 Å². The largest absolute Gasteiger partial charge is 0.427 e. The van der Waals surface area contributed by atoms with Gasteiger partial charge in [0.1, 0.15) is 5.75 Å². The van der Waals surface area contributed by atoms with Crippen LogP contribution >= 0.6 is 11.8 Å². The summed E-state index contributed by atoms with van der Waals surface area (Å²) in [4.78, 5) is 37.1. The molecule has 0 unspecified atom stereocenters. The van der Waals surface area contributed by atoms with Gasteiger partial charge in [-0.2, -0.15) is 0 Å². The zero-order valence-corrected chi connectivity index (χ0v) is 14.3. The lowest BCUT2D eigenvalue weighted by Gasteiger charge is -2.12. The third kappa shape index (κ3) is 4.16. The van der Waals surface area contributed by atoms with E-state index in [1.807, 2.05) is 30.3 Å². The molecule has 2 aromatic carbocycles. The van der Waals surface area contributed by atoms with Crippen LogP contribution in [-0.2, 0) is 16.1 Å². The summed E-state index contributed by atoms with van der Waals surface area (Å²) >= 11 is 0.924. The molecule has 5 nitrogen and oxygen atoms in total. The number of ether oxygens (including phenoxy) is 1. The standard InChI is InChI=1S/C19H15NO4S/c1-13(21)24-16-9-7-14(8-10-16)11-17-18(22)20(19(23)25-17)12-15-5-3-2-4-6-15/h2-11H,12H2,1H3/b17-11-. The van der Waals surface area contributed by atoms with Gasteiger partial charge in [-0.05, 0) is 41.1 Å². The van der Waals surface area contributed by atoms with Crippen LogP contribution in [0, 0.1) is 0 Å². The molecule has 2 aromatic rings. The summed E-state index contributed by atoms with van der Waals surface area (Å²) in [5, 5.41) is -0.281. The highest BCUT2D eigenvalue weighted by molar-refractivity contribution is 8.18. The summed E-state index contributed by atoms with van der Waals surface area (Å²) in [7, 11) is 0. The van der Waals surface area contributed by atoms with E-state index >= 15 is 0 Å². The second-order valence-corrected chi connectivity index (χ2v) is 6.41. The Morgan fingerprint density at radius 3 is 2.40 bits per heavy atom. The Kier molecular flexibility index (Phi) is 5.00. The van der Waals surface area contributed by atoms with Crippen LogP contribution in [0.4, 0.5) is 4.79 Å². The van der Waals surface area contributed by atoms with Crippen LogP contribution < -0.4 is 4.74 Å². The number of esters is 1. The molecule has 0 N–H and O–H groups in total. The lowest BCUT2D eigenvalue weighted by Crippen LogP contribution is -2.27. The average molecular weight is 353 g/mol. The van der Waals surface area contributed by atoms with Crippen molar-refractivity contribution in [1.29, 1.82) is 0 Å². The van der Waals surface area contributed by atoms with Crippen molar-refractivity contribution in [3.63, 3.8) is 0 Å². The number of carbonyl (C=O) groups is 3. The van der Waals surface area contributed by atoms with Gasteiger partial charge < -0.3 is 4.74 Å². The van der Waals surface area contributed by atoms with Crippen LogP contribution in [0.2, 0.25) is 0 Å². The Balaban J connectivity index is 1.74. The summed E-state index contributed by atoms with van der Waals surface area (Å²) in [5.41, 5.74) is 1.65. The van der Waals surface area contributed by atoms with Crippen molar-refractivity contribution in [2.45, 2.75) is 13.5 Å². The van der Waals surface area contributed by atoms with Gasteiger partial charge in [0.2, 0.25) is 0 Å². The van der Waals surface area contributed by atoms with Crippen molar-refractivity contribution in [3.05, 3.63) is 70.6 Å². The molecule has 6 heteroatoms. The fourth-order valence-electron chi connectivity index (χ4n) is 2.35. The zero-order chi connectivity index (χ0) is 17.8. The van der Waals surface area contributed by atoms with E-state index in [-0.39, 0.29) is 17.7 Å². The molecule has 1 fully saturated rings. The van der Waals surface area contributed by atoms with Crippen molar-refractivity contribution in [3.8, 4) is 5.75 Å². The highest BCUT2D eigenvalue weighted by Crippen LogP contribution is 2.33. The van der Waals surface area contributed by atoms with Gasteiger partial charge in [0.25, 0.3) is 11.1 Å². The van der Waals surface area contributed by atoms with Gasteiger partial charge in [0.15, 0.2) is 0 Å². The quantitative estimate of drug-likeness (QED) is 0.475. The molecule has 2 amide bonds. The summed E-state index contributed by atoms with van der Waals surface area (Å²) in [6, 6.07) is 16.1. The first-order valence-electron chi connectivity index (χ1n) is 7.61. The van der Waals surface area contributed by atoms with Crippen LogP contribution in [-0.4, -0.2) is 22.0 Å². The van der Waals surface area contributed by atoms with Gasteiger partial charge in [0.05, 0.1) is 11.4 Å². The molecule has 1 aliphatic rings. The molecule has 0 aliphatic carbocycles. The number of imide groups is 1. The Morgan fingerprint density at radius 2 is 1.76 bits per heavy atom. The number of amides is 2.